The van der Waals surface area contributed by atoms with Gasteiger partial charge in [-0.3, -0.25) is 0 Å². The molecule has 1 rings (SSSR count). The smallest absolute Gasteiger partial charge is 0.404 e. The molecule has 7 nitrogen and oxygen atoms in total. The highest BCUT2D eigenvalue weighted by molar-refractivity contribution is 7.15. The van der Waals surface area contributed by atoms with Crippen LogP contribution in [0.5, 0.6) is 5.88 Å². The fraction of sp³-hybridized carbons (Fsp3) is 0.600. The van der Waals surface area contributed by atoms with Crippen LogP contribution < -0.4 is 20.7 Å². The van der Waals surface area contributed by atoms with Gasteiger partial charge in [-0.05, 0) is 0 Å². The lowest BCUT2D eigenvalue weighted by molar-refractivity contribution is 0.157. The molecule has 1 amide bonds. The molecular formula is C10H18N4O3S. The Balaban J connectivity index is 2.43. The number of aromatic nitrogens is 1. The van der Waals surface area contributed by atoms with Gasteiger partial charge in [-0.15, -0.1) is 0 Å². The van der Waals surface area contributed by atoms with Crippen LogP contribution in [0.25, 0.3) is 0 Å². The second kappa shape index (κ2) is 7.02. The zero-order valence-corrected chi connectivity index (χ0v) is 11.5. The summed E-state index contributed by atoms with van der Waals surface area (Å²) in [6, 6.07) is 0. The average molecular weight is 274 g/mol. The highest BCUT2D eigenvalue weighted by Gasteiger charge is 2.12. The van der Waals surface area contributed by atoms with Crippen LogP contribution in [-0.4, -0.2) is 45.4 Å². The predicted octanol–water partition coefficient (Wildman–Crippen LogP) is 0.403. The number of rotatable bonds is 7. The number of methoxy groups -OCH3 is 1. The first kappa shape index (κ1) is 14.5. The number of carbonyl (C=O) groups excluding carboxylic acids is 1. The second-order valence-corrected chi connectivity index (χ2v) is 4.73. The molecule has 3 N–H and O–H groups in total. The second-order valence-electron chi connectivity index (χ2n) is 3.67. The van der Waals surface area contributed by atoms with E-state index in [0.29, 0.717) is 19.0 Å². The van der Waals surface area contributed by atoms with Gasteiger partial charge in [0.05, 0.1) is 12.0 Å². The van der Waals surface area contributed by atoms with Crippen LogP contribution >= 0.6 is 11.3 Å². The first-order chi connectivity index (χ1) is 8.54. The molecule has 0 saturated carbocycles. The zero-order valence-electron chi connectivity index (χ0n) is 10.7. The molecule has 8 heteroatoms. The predicted molar refractivity (Wildman–Crippen MR) is 70.2 cm³/mol. The summed E-state index contributed by atoms with van der Waals surface area (Å²) in [5.74, 6) is 0.618. The average Bonchev–Trinajstić information content (AvgIpc) is 2.71. The van der Waals surface area contributed by atoms with E-state index in [1.807, 2.05) is 19.0 Å². The summed E-state index contributed by atoms with van der Waals surface area (Å²) in [6.45, 7) is 1.38. The van der Waals surface area contributed by atoms with E-state index in [1.54, 1.807) is 18.4 Å². The Morgan fingerprint density at radius 1 is 1.56 bits per heavy atom. The molecule has 0 unspecified atom stereocenters. The molecule has 0 fully saturated rings. The summed E-state index contributed by atoms with van der Waals surface area (Å²) in [7, 11) is 5.44. The van der Waals surface area contributed by atoms with Gasteiger partial charge in [0.1, 0.15) is 6.61 Å². The Kier molecular flexibility index (Phi) is 5.66. The molecule has 0 aromatic carbocycles. The summed E-state index contributed by atoms with van der Waals surface area (Å²) < 4.78 is 9.80. The third-order valence-corrected chi connectivity index (χ3v) is 3.24. The van der Waals surface area contributed by atoms with Crippen molar-refractivity contribution in [3.8, 4) is 5.88 Å². The van der Waals surface area contributed by atoms with Crippen molar-refractivity contribution in [3.05, 3.63) is 4.88 Å². The number of hydrogen-bond donors (Lipinski definition) is 2. The number of thiazole rings is 1. The van der Waals surface area contributed by atoms with E-state index in [2.05, 4.69) is 15.0 Å². The number of anilines is 1. The molecule has 0 aliphatic carbocycles. The summed E-state index contributed by atoms with van der Waals surface area (Å²) in [6.07, 6.45) is -0.762. The molecule has 0 aliphatic rings. The van der Waals surface area contributed by atoms with Crippen molar-refractivity contribution in [3.63, 3.8) is 0 Å². The molecule has 102 valence electrons. The molecule has 1 aromatic rings. The Bertz CT molecular complexity index is 394. The molecule has 18 heavy (non-hydrogen) atoms. The first-order valence-electron chi connectivity index (χ1n) is 5.38. The molecule has 0 aliphatic heterocycles. The fourth-order valence-corrected chi connectivity index (χ4v) is 2.14. The van der Waals surface area contributed by atoms with Gasteiger partial charge in [0.25, 0.3) is 0 Å². The van der Waals surface area contributed by atoms with Crippen molar-refractivity contribution in [2.24, 2.45) is 5.73 Å². The lowest BCUT2D eigenvalue weighted by Gasteiger charge is -2.05. The molecule has 1 heterocycles. The SMILES string of the molecule is COc1nc(N(C)C)sc1CNCCOC(N)=O. The van der Waals surface area contributed by atoms with Gasteiger partial charge in [0.15, 0.2) is 5.13 Å². The van der Waals surface area contributed by atoms with Crippen molar-refractivity contribution < 1.29 is 14.3 Å². The highest BCUT2D eigenvalue weighted by Crippen LogP contribution is 2.29. The standard InChI is InChI=1S/C10H18N4O3S/c1-14(2)10-13-8(16-3)7(18-10)6-12-4-5-17-9(11)15/h12H,4-6H2,1-3H3,(H2,11,15). The van der Waals surface area contributed by atoms with Crippen molar-refractivity contribution in [2.75, 3.05) is 39.3 Å². The zero-order chi connectivity index (χ0) is 13.5. The maximum absolute atomic E-state index is 10.3. The number of amides is 1. The van der Waals surface area contributed by atoms with E-state index < -0.39 is 6.09 Å². The summed E-state index contributed by atoms with van der Waals surface area (Å²) in [5.41, 5.74) is 4.85. The summed E-state index contributed by atoms with van der Waals surface area (Å²) >= 11 is 1.55. The Labute approximate surface area is 110 Å². The maximum Gasteiger partial charge on any atom is 0.404 e. The number of hydrogen-bond acceptors (Lipinski definition) is 7. The lowest BCUT2D eigenvalue weighted by atomic mass is 10.5. The van der Waals surface area contributed by atoms with Crippen molar-refractivity contribution >= 4 is 22.6 Å². The van der Waals surface area contributed by atoms with E-state index >= 15 is 0 Å². The molecule has 0 spiro atoms. The van der Waals surface area contributed by atoms with Crippen molar-refractivity contribution in [1.29, 1.82) is 0 Å². The van der Waals surface area contributed by atoms with Gasteiger partial charge in [0.2, 0.25) is 5.88 Å². The van der Waals surface area contributed by atoms with Gasteiger partial charge in [-0.1, -0.05) is 11.3 Å². The van der Waals surface area contributed by atoms with Crippen molar-refractivity contribution in [2.45, 2.75) is 6.54 Å². The van der Waals surface area contributed by atoms with Crippen LogP contribution in [-0.2, 0) is 11.3 Å². The highest BCUT2D eigenvalue weighted by atomic mass is 32.1. The lowest BCUT2D eigenvalue weighted by Crippen LogP contribution is -2.23. The van der Waals surface area contributed by atoms with Crippen LogP contribution in [0.3, 0.4) is 0 Å². The summed E-state index contributed by atoms with van der Waals surface area (Å²) in [4.78, 5) is 17.6. The minimum atomic E-state index is -0.762. The number of nitrogens with one attached hydrogen (secondary N) is 1. The summed E-state index contributed by atoms with van der Waals surface area (Å²) in [5, 5.41) is 4.01. The Morgan fingerprint density at radius 2 is 2.28 bits per heavy atom. The minimum Gasteiger partial charge on any atom is -0.480 e. The van der Waals surface area contributed by atoms with Crippen LogP contribution in [0, 0.1) is 0 Å². The van der Waals surface area contributed by atoms with E-state index in [1.165, 1.54) is 0 Å². The quantitative estimate of drug-likeness (QED) is 0.700. The van der Waals surface area contributed by atoms with Gasteiger partial charge in [-0.25, -0.2) is 4.79 Å². The van der Waals surface area contributed by atoms with Crippen LogP contribution in [0.2, 0.25) is 0 Å². The van der Waals surface area contributed by atoms with Crippen LogP contribution in [0.1, 0.15) is 4.88 Å². The Hall–Kier alpha value is -1.54. The molecule has 1 aromatic heterocycles. The van der Waals surface area contributed by atoms with E-state index in [9.17, 15) is 4.79 Å². The molecule has 0 bridgehead atoms. The number of carbonyl (C=O) groups is 1. The Morgan fingerprint density at radius 3 is 2.83 bits per heavy atom. The third-order valence-electron chi connectivity index (χ3n) is 2.03. The topological polar surface area (TPSA) is 89.7 Å². The first-order valence-corrected chi connectivity index (χ1v) is 6.20. The molecular weight excluding hydrogens is 256 g/mol. The van der Waals surface area contributed by atoms with E-state index in [0.717, 1.165) is 10.0 Å². The van der Waals surface area contributed by atoms with Gasteiger partial charge in [-0.2, -0.15) is 4.98 Å². The maximum atomic E-state index is 10.3. The normalized spacial score (nSPS) is 10.2. The van der Waals surface area contributed by atoms with Crippen LogP contribution in [0.4, 0.5) is 9.93 Å². The number of nitrogens with two attached hydrogens (primary N) is 1. The monoisotopic (exact) mass is 274 g/mol. The largest absolute Gasteiger partial charge is 0.480 e. The number of primary amides is 1. The van der Waals surface area contributed by atoms with Gasteiger partial charge in [0, 0.05) is 27.2 Å². The number of nitrogens with zero attached hydrogens (tertiary/aromatic N) is 2. The van der Waals surface area contributed by atoms with Crippen molar-refractivity contribution in [1.82, 2.24) is 10.3 Å². The van der Waals surface area contributed by atoms with Crippen LogP contribution in [0.15, 0.2) is 0 Å². The molecule has 0 saturated heterocycles. The van der Waals surface area contributed by atoms with E-state index in [-0.39, 0.29) is 6.61 Å². The molecule has 0 atom stereocenters. The third kappa shape index (κ3) is 4.38. The van der Waals surface area contributed by atoms with Gasteiger partial charge >= 0.3 is 6.09 Å². The fourth-order valence-electron chi connectivity index (χ4n) is 1.21. The molecule has 0 radical (unpaired) electrons. The van der Waals surface area contributed by atoms with E-state index in [4.69, 9.17) is 10.5 Å². The number of ether oxygens (including phenoxy) is 2. The minimum absolute atomic E-state index is 0.247. The van der Waals surface area contributed by atoms with Gasteiger partial charge < -0.3 is 25.4 Å².